The van der Waals surface area contributed by atoms with Gasteiger partial charge in [-0.3, -0.25) is 0 Å². The van der Waals surface area contributed by atoms with Gasteiger partial charge in [0.25, 0.3) is 0 Å². The molecule has 0 heterocycles. The molecule has 2 nitrogen and oxygen atoms in total. The van der Waals surface area contributed by atoms with Crippen molar-refractivity contribution in [3.63, 3.8) is 0 Å². The fourth-order valence-corrected chi connectivity index (χ4v) is 1.65. The lowest BCUT2D eigenvalue weighted by Crippen LogP contribution is -2.30. The van der Waals surface area contributed by atoms with E-state index in [1.54, 1.807) is 11.8 Å². The van der Waals surface area contributed by atoms with Gasteiger partial charge in [-0.05, 0) is 51.4 Å². The molecule has 0 aromatic heterocycles. The Hall–Kier alpha value is -0.670. The number of nitrogens with zero attached hydrogens (tertiary/aromatic N) is 1. The molecule has 0 aliphatic heterocycles. The Labute approximate surface area is 103 Å². The lowest BCUT2D eigenvalue weighted by molar-refractivity contribution is 0.208. The highest BCUT2D eigenvalue weighted by Crippen LogP contribution is 2.18. The second kappa shape index (κ2) is 6.81. The van der Waals surface area contributed by atoms with Crippen molar-refractivity contribution < 1.29 is 4.74 Å². The molecule has 0 unspecified atom stereocenters. The maximum atomic E-state index is 5.68. The van der Waals surface area contributed by atoms with Crippen LogP contribution in [0.25, 0.3) is 0 Å². The minimum atomic E-state index is 0.572. The van der Waals surface area contributed by atoms with Gasteiger partial charge in [-0.2, -0.15) is 0 Å². The third kappa shape index (κ3) is 4.45. The van der Waals surface area contributed by atoms with Crippen LogP contribution in [-0.2, 0) is 0 Å². The van der Waals surface area contributed by atoms with Crippen LogP contribution < -0.4 is 4.74 Å². The summed E-state index contributed by atoms with van der Waals surface area (Å²) in [6, 6.07) is 8.81. The topological polar surface area (TPSA) is 12.5 Å². The predicted octanol–water partition coefficient (Wildman–Crippen LogP) is 3.13. The van der Waals surface area contributed by atoms with Crippen molar-refractivity contribution in [2.24, 2.45) is 0 Å². The van der Waals surface area contributed by atoms with Gasteiger partial charge >= 0.3 is 0 Å². The van der Waals surface area contributed by atoms with E-state index >= 15 is 0 Å². The predicted molar refractivity (Wildman–Crippen MR) is 71.5 cm³/mol. The fraction of sp³-hybridized carbons (Fsp3) is 0.538. The van der Waals surface area contributed by atoms with E-state index in [2.05, 4.69) is 44.2 Å². The number of thioether (sulfide) groups is 1. The van der Waals surface area contributed by atoms with E-state index in [9.17, 15) is 0 Å². The summed E-state index contributed by atoms with van der Waals surface area (Å²) in [5, 5.41) is 0. The monoisotopic (exact) mass is 239 g/mol. The van der Waals surface area contributed by atoms with Crippen LogP contribution in [0.1, 0.15) is 13.8 Å². The highest BCUT2D eigenvalue weighted by Gasteiger charge is 2.02. The molecule has 0 amide bonds. The molecular weight excluding hydrogens is 218 g/mol. The molecular formula is C13H21NOS. The number of likely N-dealkylation sites (N-methyl/N-ethyl adjacent to an activating group) is 1. The Morgan fingerprint density at radius 3 is 2.38 bits per heavy atom. The molecule has 3 heteroatoms. The second-order valence-corrected chi connectivity index (χ2v) is 4.98. The summed E-state index contributed by atoms with van der Waals surface area (Å²) >= 11 is 1.75. The van der Waals surface area contributed by atoms with Crippen LogP contribution >= 0.6 is 11.8 Å². The third-order valence-corrected chi connectivity index (χ3v) is 3.40. The minimum absolute atomic E-state index is 0.572. The van der Waals surface area contributed by atoms with Crippen LogP contribution in [0.3, 0.4) is 0 Å². The van der Waals surface area contributed by atoms with Gasteiger partial charge in [0.05, 0.1) is 0 Å². The Balaban J connectivity index is 2.31. The summed E-state index contributed by atoms with van der Waals surface area (Å²) in [5.74, 6) is 0.954. The molecule has 0 bridgehead atoms. The zero-order valence-electron chi connectivity index (χ0n) is 10.6. The lowest BCUT2D eigenvalue weighted by atomic mass is 10.3. The van der Waals surface area contributed by atoms with Crippen molar-refractivity contribution in [3.05, 3.63) is 24.3 Å². The van der Waals surface area contributed by atoms with Crippen LogP contribution in [0.2, 0.25) is 0 Å². The Kier molecular flexibility index (Phi) is 5.71. The zero-order chi connectivity index (χ0) is 12.0. The van der Waals surface area contributed by atoms with Crippen molar-refractivity contribution >= 4 is 11.8 Å². The fourth-order valence-electron chi connectivity index (χ4n) is 1.24. The van der Waals surface area contributed by atoms with E-state index in [0.717, 1.165) is 18.9 Å². The number of benzene rings is 1. The molecule has 1 aromatic rings. The molecule has 0 saturated carbocycles. The average Bonchev–Trinajstić information content (AvgIpc) is 2.29. The largest absolute Gasteiger partial charge is 0.492 e. The standard InChI is InChI=1S/C13H21NOS/c1-11(2)14(3)9-10-15-12-5-7-13(16-4)8-6-12/h5-8,11H,9-10H2,1-4H3. The van der Waals surface area contributed by atoms with Crippen LogP contribution in [0.5, 0.6) is 5.75 Å². The summed E-state index contributed by atoms with van der Waals surface area (Å²) in [5.41, 5.74) is 0. The van der Waals surface area contributed by atoms with E-state index in [-0.39, 0.29) is 0 Å². The summed E-state index contributed by atoms with van der Waals surface area (Å²) in [6.45, 7) is 6.08. The van der Waals surface area contributed by atoms with Crippen LogP contribution in [0.4, 0.5) is 0 Å². The van der Waals surface area contributed by atoms with Crippen LogP contribution in [-0.4, -0.2) is 37.4 Å². The summed E-state index contributed by atoms with van der Waals surface area (Å²) in [6.07, 6.45) is 2.08. The molecule has 0 spiro atoms. The van der Waals surface area contributed by atoms with Gasteiger partial charge < -0.3 is 9.64 Å². The molecule has 0 atom stereocenters. The lowest BCUT2D eigenvalue weighted by Gasteiger charge is -2.20. The third-order valence-electron chi connectivity index (χ3n) is 2.65. The summed E-state index contributed by atoms with van der Waals surface area (Å²) < 4.78 is 5.68. The smallest absolute Gasteiger partial charge is 0.119 e. The molecule has 1 aromatic carbocycles. The van der Waals surface area contributed by atoms with Crippen molar-refractivity contribution in [1.82, 2.24) is 4.90 Å². The van der Waals surface area contributed by atoms with Crippen LogP contribution in [0, 0.1) is 0 Å². The van der Waals surface area contributed by atoms with E-state index in [4.69, 9.17) is 4.74 Å². The number of hydrogen-bond donors (Lipinski definition) is 0. The van der Waals surface area contributed by atoms with Gasteiger partial charge in [0.1, 0.15) is 12.4 Å². The van der Waals surface area contributed by atoms with E-state index in [1.165, 1.54) is 4.90 Å². The molecule has 0 radical (unpaired) electrons. The molecule has 1 rings (SSSR count). The quantitative estimate of drug-likeness (QED) is 0.708. The van der Waals surface area contributed by atoms with Crippen molar-refractivity contribution in [2.45, 2.75) is 24.8 Å². The van der Waals surface area contributed by atoms with Crippen molar-refractivity contribution in [3.8, 4) is 5.75 Å². The Morgan fingerprint density at radius 2 is 1.88 bits per heavy atom. The summed E-state index contributed by atoms with van der Waals surface area (Å²) in [4.78, 5) is 3.54. The SMILES string of the molecule is CSc1ccc(OCCN(C)C(C)C)cc1. The average molecular weight is 239 g/mol. The number of rotatable bonds is 6. The maximum Gasteiger partial charge on any atom is 0.119 e. The first-order chi connectivity index (χ1) is 7.63. The molecule has 90 valence electrons. The Morgan fingerprint density at radius 1 is 1.25 bits per heavy atom. The minimum Gasteiger partial charge on any atom is -0.492 e. The first-order valence-electron chi connectivity index (χ1n) is 5.60. The highest BCUT2D eigenvalue weighted by atomic mass is 32.2. The van der Waals surface area contributed by atoms with Gasteiger partial charge in [-0.1, -0.05) is 0 Å². The first kappa shape index (κ1) is 13.4. The van der Waals surface area contributed by atoms with Gasteiger partial charge in [0.2, 0.25) is 0 Å². The zero-order valence-corrected chi connectivity index (χ0v) is 11.4. The normalized spacial score (nSPS) is 11.1. The van der Waals surface area contributed by atoms with Crippen LogP contribution in [0.15, 0.2) is 29.2 Å². The highest BCUT2D eigenvalue weighted by molar-refractivity contribution is 7.98. The van der Waals surface area contributed by atoms with E-state index < -0.39 is 0 Å². The molecule has 16 heavy (non-hydrogen) atoms. The number of hydrogen-bond acceptors (Lipinski definition) is 3. The van der Waals surface area contributed by atoms with Gasteiger partial charge in [0.15, 0.2) is 0 Å². The van der Waals surface area contributed by atoms with E-state index in [0.29, 0.717) is 6.04 Å². The maximum absolute atomic E-state index is 5.68. The molecule has 0 aliphatic rings. The van der Waals surface area contributed by atoms with E-state index in [1.807, 2.05) is 12.1 Å². The van der Waals surface area contributed by atoms with Crippen molar-refractivity contribution in [2.75, 3.05) is 26.5 Å². The second-order valence-electron chi connectivity index (χ2n) is 4.10. The van der Waals surface area contributed by atoms with Crippen molar-refractivity contribution in [1.29, 1.82) is 0 Å². The van der Waals surface area contributed by atoms with Gasteiger partial charge in [-0.15, -0.1) is 11.8 Å². The van der Waals surface area contributed by atoms with Gasteiger partial charge in [-0.25, -0.2) is 0 Å². The molecule has 0 saturated heterocycles. The summed E-state index contributed by atoms with van der Waals surface area (Å²) in [7, 11) is 2.12. The molecule has 0 N–H and O–H groups in total. The Bertz CT molecular complexity index is 297. The van der Waals surface area contributed by atoms with Gasteiger partial charge in [0, 0.05) is 17.5 Å². The molecule has 0 aliphatic carbocycles. The first-order valence-corrected chi connectivity index (χ1v) is 6.83. The molecule has 0 fully saturated rings. The number of ether oxygens (including phenoxy) is 1.